The van der Waals surface area contributed by atoms with Crippen molar-refractivity contribution in [3.05, 3.63) is 33.9 Å². The number of anilines is 1. The summed E-state index contributed by atoms with van der Waals surface area (Å²) in [4.78, 5) is 12.1. The van der Waals surface area contributed by atoms with Crippen LogP contribution in [-0.4, -0.2) is 21.5 Å². The van der Waals surface area contributed by atoms with Gasteiger partial charge in [0.2, 0.25) is 0 Å². The lowest BCUT2D eigenvalue weighted by Gasteiger charge is -2.07. The summed E-state index contributed by atoms with van der Waals surface area (Å²) in [6.45, 7) is 4.45. The van der Waals surface area contributed by atoms with Gasteiger partial charge in [-0.15, -0.1) is 11.3 Å². The Bertz CT molecular complexity index is 527. The van der Waals surface area contributed by atoms with Gasteiger partial charge in [-0.25, -0.2) is 19.3 Å². The van der Waals surface area contributed by atoms with E-state index in [4.69, 9.17) is 0 Å². The Morgan fingerprint density at radius 3 is 2.89 bits per heavy atom. The minimum atomic E-state index is -0.352. The SMILES string of the molecule is CCc1ncnc(NCCc2csc(C)n2)c1F. The molecule has 0 unspecified atom stereocenters. The summed E-state index contributed by atoms with van der Waals surface area (Å²) in [5, 5.41) is 6.05. The van der Waals surface area contributed by atoms with E-state index < -0.39 is 0 Å². The fourth-order valence-electron chi connectivity index (χ4n) is 1.61. The van der Waals surface area contributed by atoms with Gasteiger partial charge in [0.05, 0.1) is 16.4 Å². The summed E-state index contributed by atoms with van der Waals surface area (Å²) in [5.41, 5.74) is 1.46. The maximum Gasteiger partial charge on any atom is 0.186 e. The summed E-state index contributed by atoms with van der Waals surface area (Å²) in [7, 11) is 0. The van der Waals surface area contributed by atoms with Crippen molar-refractivity contribution in [1.29, 1.82) is 0 Å². The summed E-state index contributed by atoms with van der Waals surface area (Å²) in [6, 6.07) is 0. The van der Waals surface area contributed by atoms with Crippen LogP contribution >= 0.6 is 11.3 Å². The number of nitrogens with one attached hydrogen (secondary N) is 1. The molecule has 0 saturated carbocycles. The number of nitrogens with zero attached hydrogens (tertiary/aromatic N) is 3. The summed E-state index contributed by atoms with van der Waals surface area (Å²) in [6.07, 6.45) is 2.71. The highest BCUT2D eigenvalue weighted by Crippen LogP contribution is 2.13. The number of hydrogen-bond acceptors (Lipinski definition) is 5. The van der Waals surface area contributed by atoms with Gasteiger partial charge in [-0.2, -0.15) is 0 Å². The Balaban J connectivity index is 1.94. The number of rotatable bonds is 5. The number of aryl methyl sites for hydroxylation is 2. The Kier molecular flexibility index (Phi) is 4.19. The normalized spacial score (nSPS) is 10.6. The smallest absolute Gasteiger partial charge is 0.186 e. The number of aromatic nitrogens is 3. The molecule has 0 amide bonds. The van der Waals surface area contributed by atoms with Gasteiger partial charge in [0, 0.05) is 18.3 Å². The minimum Gasteiger partial charge on any atom is -0.367 e. The van der Waals surface area contributed by atoms with Gasteiger partial charge < -0.3 is 5.32 Å². The first kappa shape index (κ1) is 12.9. The van der Waals surface area contributed by atoms with Crippen molar-refractivity contribution in [3.63, 3.8) is 0 Å². The Morgan fingerprint density at radius 1 is 1.39 bits per heavy atom. The highest BCUT2D eigenvalue weighted by Gasteiger charge is 2.09. The fraction of sp³-hybridized carbons (Fsp3) is 0.417. The molecule has 6 heteroatoms. The molecule has 0 aromatic carbocycles. The van der Waals surface area contributed by atoms with E-state index in [0.717, 1.165) is 17.1 Å². The van der Waals surface area contributed by atoms with E-state index in [1.807, 2.05) is 19.2 Å². The van der Waals surface area contributed by atoms with Crippen molar-refractivity contribution >= 4 is 17.2 Å². The van der Waals surface area contributed by atoms with Crippen molar-refractivity contribution < 1.29 is 4.39 Å². The molecule has 2 heterocycles. The minimum absolute atomic E-state index is 0.272. The Morgan fingerprint density at radius 2 is 2.22 bits per heavy atom. The predicted octanol–water partition coefficient (Wildman–Crippen LogP) is 2.60. The third kappa shape index (κ3) is 3.01. The van der Waals surface area contributed by atoms with Crippen molar-refractivity contribution in [3.8, 4) is 0 Å². The molecule has 2 aromatic heterocycles. The lowest BCUT2D eigenvalue weighted by Crippen LogP contribution is -2.10. The van der Waals surface area contributed by atoms with E-state index in [2.05, 4.69) is 20.3 Å². The molecule has 0 aliphatic carbocycles. The van der Waals surface area contributed by atoms with Crippen molar-refractivity contribution in [2.24, 2.45) is 0 Å². The van der Waals surface area contributed by atoms with Crippen LogP contribution in [0.5, 0.6) is 0 Å². The molecule has 18 heavy (non-hydrogen) atoms. The molecule has 2 rings (SSSR count). The van der Waals surface area contributed by atoms with Crippen LogP contribution in [0.25, 0.3) is 0 Å². The van der Waals surface area contributed by atoms with Crippen LogP contribution in [0, 0.1) is 12.7 Å². The Hall–Kier alpha value is -1.56. The molecular weight excluding hydrogens is 251 g/mol. The highest BCUT2D eigenvalue weighted by atomic mass is 32.1. The largest absolute Gasteiger partial charge is 0.367 e. The van der Waals surface area contributed by atoms with E-state index in [1.54, 1.807) is 11.3 Å². The zero-order chi connectivity index (χ0) is 13.0. The zero-order valence-corrected chi connectivity index (χ0v) is 11.2. The maximum atomic E-state index is 13.8. The molecule has 0 aliphatic rings. The molecule has 2 aromatic rings. The molecule has 0 radical (unpaired) electrons. The average Bonchev–Trinajstić information content (AvgIpc) is 2.77. The van der Waals surface area contributed by atoms with Crippen molar-refractivity contribution in [2.45, 2.75) is 26.7 Å². The molecule has 0 spiro atoms. The number of thiazole rings is 1. The molecule has 0 fully saturated rings. The summed E-state index contributed by atoms with van der Waals surface area (Å²) >= 11 is 1.62. The van der Waals surface area contributed by atoms with Crippen LogP contribution in [0.15, 0.2) is 11.7 Å². The van der Waals surface area contributed by atoms with Gasteiger partial charge >= 0.3 is 0 Å². The van der Waals surface area contributed by atoms with Gasteiger partial charge in [0.15, 0.2) is 11.6 Å². The molecule has 0 saturated heterocycles. The summed E-state index contributed by atoms with van der Waals surface area (Å²) < 4.78 is 13.8. The molecule has 0 atom stereocenters. The second kappa shape index (κ2) is 5.86. The highest BCUT2D eigenvalue weighted by molar-refractivity contribution is 7.09. The molecule has 0 aliphatic heterocycles. The monoisotopic (exact) mass is 266 g/mol. The lowest BCUT2D eigenvalue weighted by molar-refractivity contribution is 0.596. The lowest BCUT2D eigenvalue weighted by atomic mass is 10.3. The third-order valence-electron chi connectivity index (χ3n) is 2.54. The molecule has 96 valence electrons. The topological polar surface area (TPSA) is 50.7 Å². The standard InChI is InChI=1S/C12H15FN4S/c1-3-10-11(13)12(16-7-15-10)14-5-4-9-6-18-8(2)17-9/h6-7H,3-5H2,1-2H3,(H,14,15,16). The second-order valence-electron chi connectivity index (χ2n) is 3.87. The van der Waals surface area contributed by atoms with Crippen molar-refractivity contribution in [1.82, 2.24) is 15.0 Å². The van der Waals surface area contributed by atoms with Gasteiger partial charge in [-0.1, -0.05) is 6.92 Å². The fourth-order valence-corrected chi connectivity index (χ4v) is 2.26. The number of hydrogen-bond donors (Lipinski definition) is 1. The molecular formula is C12H15FN4S. The van der Waals surface area contributed by atoms with E-state index in [0.29, 0.717) is 18.7 Å². The van der Waals surface area contributed by atoms with Crippen LogP contribution in [0.2, 0.25) is 0 Å². The van der Waals surface area contributed by atoms with Gasteiger partial charge in [0.1, 0.15) is 6.33 Å². The zero-order valence-electron chi connectivity index (χ0n) is 10.4. The first-order chi connectivity index (χ1) is 8.70. The van der Waals surface area contributed by atoms with Crippen LogP contribution in [0.3, 0.4) is 0 Å². The van der Waals surface area contributed by atoms with Gasteiger partial charge in [-0.3, -0.25) is 0 Å². The van der Waals surface area contributed by atoms with Crippen LogP contribution < -0.4 is 5.32 Å². The summed E-state index contributed by atoms with van der Waals surface area (Å²) in [5.74, 6) is -0.0803. The molecule has 4 nitrogen and oxygen atoms in total. The second-order valence-corrected chi connectivity index (χ2v) is 4.93. The first-order valence-electron chi connectivity index (χ1n) is 5.85. The quantitative estimate of drug-likeness (QED) is 0.903. The number of halogens is 1. The van der Waals surface area contributed by atoms with E-state index in [-0.39, 0.29) is 11.6 Å². The van der Waals surface area contributed by atoms with E-state index in [9.17, 15) is 4.39 Å². The first-order valence-corrected chi connectivity index (χ1v) is 6.73. The van der Waals surface area contributed by atoms with Gasteiger partial charge in [-0.05, 0) is 13.3 Å². The van der Waals surface area contributed by atoms with E-state index in [1.165, 1.54) is 6.33 Å². The van der Waals surface area contributed by atoms with E-state index >= 15 is 0 Å². The van der Waals surface area contributed by atoms with Gasteiger partial charge in [0.25, 0.3) is 0 Å². The third-order valence-corrected chi connectivity index (χ3v) is 3.36. The predicted molar refractivity (Wildman–Crippen MR) is 70.4 cm³/mol. The maximum absolute atomic E-state index is 13.8. The molecule has 0 bridgehead atoms. The van der Waals surface area contributed by atoms with Crippen LogP contribution in [0.1, 0.15) is 23.3 Å². The average molecular weight is 266 g/mol. The van der Waals surface area contributed by atoms with Crippen LogP contribution in [-0.2, 0) is 12.8 Å². The van der Waals surface area contributed by atoms with Crippen molar-refractivity contribution in [2.75, 3.05) is 11.9 Å². The Labute approximate surface area is 109 Å². The van der Waals surface area contributed by atoms with Crippen LogP contribution in [0.4, 0.5) is 10.2 Å². The molecule has 1 N–H and O–H groups in total.